The Morgan fingerprint density at radius 3 is 2.07 bits per heavy atom. The minimum atomic E-state index is -5.67. The molecule has 86 valence electrons. The minimum absolute atomic E-state index is 0.104. The molecule has 0 aromatic carbocycles. The summed E-state index contributed by atoms with van der Waals surface area (Å²) in [6, 6.07) is 0. The summed E-state index contributed by atoms with van der Waals surface area (Å²) in [6.45, 7) is 8.06. The van der Waals surface area contributed by atoms with E-state index in [4.69, 9.17) is 17.9 Å². The maximum Gasteiger partial charge on any atom is 0.476 e. The fraction of sp³-hybridized carbons (Fsp3) is 0.714. The van der Waals surface area contributed by atoms with Crippen molar-refractivity contribution >= 4 is 10.6 Å². The molecule has 0 spiro atoms. The van der Waals surface area contributed by atoms with Gasteiger partial charge in [0.15, 0.2) is 6.29 Å². The van der Waals surface area contributed by atoms with Crippen molar-refractivity contribution in [2.24, 2.45) is 0 Å². The van der Waals surface area contributed by atoms with E-state index in [1.54, 1.807) is 0 Å². The van der Waals surface area contributed by atoms with Crippen LogP contribution in [-0.2, 0) is 20.1 Å². The molecule has 0 aliphatic rings. The molecule has 0 heterocycles. The first-order valence-corrected chi connectivity index (χ1v) is 5.15. The van der Waals surface area contributed by atoms with Gasteiger partial charge in [0, 0.05) is 13.0 Å². The van der Waals surface area contributed by atoms with Crippen LogP contribution in [0.15, 0.2) is 12.8 Å². The Kier molecular flexibility index (Phi) is 10.0. The maximum atomic E-state index is 9.99. The van der Waals surface area contributed by atoms with Gasteiger partial charge in [0.2, 0.25) is 0 Å². The quantitative estimate of drug-likeness (QED) is 0.414. The van der Waals surface area contributed by atoms with Crippen molar-refractivity contribution in [3.63, 3.8) is 0 Å². The van der Waals surface area contributed by atoms with E-state index in [2.05, 4.69) is 6.58 Å². The molecule has 0 saturated heterocycles. The van der Waals surface area contributed by atoms with Gasteiger partial charge >= 0.3 is 10.6 Å². The Morgan fingerprint density at radius 2 is 1.86 bits per heavy atom. The normalized spacial score (nSPS) is 12.3. The van der Waals surface area contributed by atoms with Crippen LogP contribution >= 0.6 is 0 Å². The van der Waals surface area contributed by atoms with E-state index in [-0.39, 0.29) is 6.29 Å². The van der Waals surface area contributed by atoms with Crippen LogP contribution < -0.4 is 0 Å². The SMILES string of the molecule is C=COC(CC)OCC.O=S(=O)(F)F. The molecular formula is C7H14F2O4S. The van der Waals surface area contributed by atoms with Crippen LogP contribution in [0.4, 0.5) is 7.77 Å². The van der Waals surface area contributed by atoms with Crippen molar-refractivity contribution in [2.75, 3.05) is 6.61 Å². The molecule has 0 aromatic heterocycles. The van der Waals surface area contributed by atoms with Crippen molar-refractivity contribution in [1.29, 1.82) is 0 Å². The first-order chi connectivity index (χ1) is 6.35. The molecular weight excluding hydrogens is 218 g/mol. The van der Waals surface area contributed by atoms with E-state index in [9.17, 15) is 7.77 Å². The molecule has 0 aliphatic carbocycles. The largest absolute Gasteiger partial charge is 0.476 e. The van der Waals surface area contributed by atoms with E-state index in [1.807, 2.05) is 13.8 Å². The summed E-state index contributed by atoms with van der Waals surface area (Å²) in [6.07, 6.45) is 2.16. The van der Waals surface area contributed by atoms with Crippen LogP contribution in [-0.4, -0.2) is 21.3 Å². The van der Waals surface area contributed by atoms with Gasteiger partial charge in [-0.2, -0.15) is 8.42 Å². The molecule has 1 unspecified atom stereocenters. The van der Waals surface area contributed by atoms with Gasteiger partial charge in [-0.05, 0) is 6.92 Å². The van der Waals surface area contributed by atoms with Crippen molar-refractivity contribution in [2.45, 2.75) is 26.6 Å². The lowest BCUT2D eigenvalue weighted by atomic mass is 10.5. The van der Waals surface area contributed by atoms with Crippen LogP contribution in [0, 0.1) is 0 Å². The van der Waals surface area contributed by atoms with Gasteiger partial charge in [0.1, 0.15) is 0 Å². The maximum absolute atomic E-state index is 9.99. The Bertz CT molecular complexity index is 220. The highest BCUT2D eigenvalue weighted by Gasteiger charge is 2.00. The first kappa shape index (κ1) is 15.8. The highest BCUT2D eigenvalue weighted by Crippen LogP contribution is 1.98. The molecule has 0 fully saturated rings. The first-order valence-electron chi connectivity index (χ1n) is 3.87. The summed E-state index contributed by atoms with van der Waals surface area (Å²) >= 11 is 0. The van der Waals surface area contributed by atoms with Gasteiger partial charge in [-0.15, -0.1) is 0 Å². The molecule has 0 saturated carbocycles. The van der Waals surface area contributed by atoms with Gasteiger partial charge in [-0.25, -0.2) is 0 Å². The summed E-state index contributed by atoms with van der Waals surface area (Å²) in [5.74, 6) is 0. The molecule has 14 heavy (non-hydrogen) atoms. The van der Waals surface area contributed by atoms with Gasteiger partial charge < -0.3 is 9.47 Å². The summed E-state index contributed by atoms with van der Waals surface area (Å²) < 4.78 is 46.7. The average Bonchev–Trinajstić information content (AvgIpc) is 2.01. The van der Waals surface area contributed by atoms with Gasteiger partial charge in [0.05, 0.1) is 6.26 Å². The number of halogens is 2. The summed E-state index contributed by atoms with van der Waals surface area (Å²) in [7, 11) is -5.67. The molecule has 0 amide bonds. The van der Waals surface area contributed by atoms with Crippen molar-refractivity contribution in [3.05, 3.63) is 12.8 Å². The molecule has 0 aliphatic heterocycles. The van der Waals surface area contributed by atoms with Crippen LogP contribution in [0.1, 0.15) is 20.3 Å². The standard InChI is InChI=1S/C7H14O2.F2O2S/c1-4-7(8-5-2)9-6-3;1-5(2,3)4/h5,7H,2,4,6H2,1,3H3;. The predicted octanol–water partition coefficient (Wildman–Crippen LogP) is 2.09. The zero-order valence-electron chi connectivity index (χ0n) is 8.07. The van der Waals surface area contributed by atoms with E-state index < -0.39 is 10.6 Å². The molecule has 0 N–H and O–H groups in total. The molecule has 1 atom stereocenters. The molecule has 0 rings (SSSR count). The van der Waals surface area contributed by atoms with E-state index in [0.29, 0.717) is 6.61 Å². The topological polar surface area (TPSA) is 52.6 Å². The molecule has 0 radical (unpaired) electrons. The Morgan fingerprint density at radius 1 is 1.43 bits per heavy atom. The lowest BCUT2D eigenvalue weighted by Gasteiger charge is -2.12. The third kappa shape index (κ3) is 22.5. The molecule has 4 nitrogen and oxygen atoms in total. The van der Waals surface area contributed by atoms with E-state index >= 15 is 0 Å². The van der Waals surface area contributed by atoms with Gasteiger partial charge in [-0.1, -0.05) is 21.3 Å². The van der Waals surface area contributed by atoms with E-state index in [0.717, 1.165) is 6.42 Å². The third-order valence-electron chi connectivity index (χ3n) is 0.934. The minimum Gasteiger partial charge on any atom is -0.473 e. The zero-order valence-corrected chi connectivity index (χ0v) is 8.89. The second kappa shape index (κ2) is 8.89. The van der Waals surface area contributed by atoms with Crippen LogP contribution in [0.5, 0.6) is 0 Å². The summed E-state index contributed by atoms with van der Waals surface area (Å²) in [4.78, 5) is 0. The fourth-order valence-corrected chi connectivity index (χ4v) is 0.547. The monoisotopic (exact) mass is 232 g/mol. The lowest BCUT2D eigenvalue weighted by molar-refractivity contribution is -0.103. The number of hydrogen-bond acceptors (Lipinski definition) is 4. The summed E-state index contributed by atoms with van der Waals surface area (Å²) in [5.41, 5.74) is 0. The van der Waals surface area contributed by atoms with Crippen molar-refractivity contribution < 1.29 is 25.7 Å². The fourth-order valence-electron chi connectivity index (χ4n) is 0.547. The van der Waals surface area contributed by atoms with Crippen LogP contribution in [0.25, 0.3) is 0 Å². The lowest BCUT2D eigenvalue weighted by Crippen LogP contribution is -2.12. The Hall–Kier alpha value is -0.690. The summed E-state index contributed by atoms with van der Waals surface area (Å²) in [5, 5.41) is 0. The molecule has 0 aromatic rings. The second-order valence-corrected chi connectivity index (χ2v) is 2.73. The van der Waals surface area contributed by atoms with Crippen LogP contribution in [0.2, 0.25) is 0 Å². The molecule has 0 bridgehead atoms. The highest BCUT2D eigenvalue weighted by atomic mass is 32.3. The van der Waals surface area contributed by atoms with Crippen LogP contribution in [0.3, 0.4) is 0 Å². The Balaban J connectivity index is 0. The number of ether oxygens (including phenoxy) is 2. The van der Waals surface area contributed by atoms with Crippen molar-refractivity contribution in [1.82, 2.24) is 0 Å². The Labute approximate surface area is 83.0 Å². The van der Waals surface area contributed by atoms with E-state index in [1.165, 1.54) is 6.26 Å². The zero-order chi connectivity index (χ0) is 11.6. The van der Waals surface area contributed by atoms with Gasteiger partial charge in [0.25, 0.3) is 0 Å². The molecule has 7 heteroatoms. The third-order valence-corrected chi connectivity index (χ3v) is 0.934. The average molecular weight is 232 g/mol. The predicted molar refractivity (Wildman–Crippen MR) is 48.1 cm³/mol. The number of hydrogen-bond donors (Lipinski definition) is 0. The second-order valence-electron chi connectivity index (χ2n) is 1.97. The van der Waals surface area contributed by atoms with Gasteiger partial charge in [-0.3, -0.25) is 0 Å². The number of rotatable bonds is 5. The smallest absolute Gasteiger partial charge is 0.473 e. The highest BCUT2D eigenvalue weighted by molar-refractivity contribution is 7.81. The van der Waals surface area contributed by atoms with Crippen molar-refractivity contribution in [3.8, 4) is 0 Å².